The fourth-order valence-electron chi connectivity index (χ4n) is 0.700. The number of ether oxygens (including phenoxy) is 1. The van der Waals surface area contributed by atoms with Crippen LogP contribution < -0.4 is 0 Å². The Hall–Kier alpha value is -0.370. The standard InChI is InChI=1S/C9H18O2/c1-5-8(7-10)11-9(3,4)6-2/h7-8H,5-6H2,1-4H3. The highest BCUT2D eigenvalue weighted by Gasteiger charge is 2.19. The molecule has 66 valence electrons. The second-order valence-corrected chi connectivity index (χ2v) is 3.31. The molecule has 2 nitrogen and oxygen atoms in total. The fraction of sp³-hybridized carbons (Fsp3) is 0.889. The Morgan fingerprint density at radius 1 is 1.45 bits per heavy atom. The minimum absolute atomic E-state index is 0.165. The van der Waals surface area contributed by atoms with Gasteiger partial charge < -0.3 is 9.53 Å². The molecule has 0 saturated carbocycles. The van der Waals surface area contributed by atoms with Gasteiger partial charge in [0.25, 0.3) is 0 Å². The van der Waals surface area contributed by atoms with E-state index < -0.39 is 0 Å². The molecule has 11 heavy (non-hydrogen) atoms. The second-order valence-electron chi connectivity index (χ2n) is 3.31. The van der Waals surface area contributed by atoms with Crippen molar-refractivity contribution >= 4 is 6.29 Å². The van der Waals surface area contributed by atoms with Gasteiger partial charge in [0, 0.05) is 0 Å². The SMILES string of the molecule is CCC(C=O)OC(C)(C)CC. The fourth-order valence-corrected chi connectivity index (χ4v) is 0.700. The van der Waals surface area contributed by atoms with Crippen LogP contribution in [0.1, 0.15) is 40.5 Å². The van der Waals surface area contributed by atoms with Gasteiger partial charge in [-0.1, -0.05) is 13.8 Å². The van der Waals surface area contributed by atoms with Crippen LogP contribution in [-0.2, 0) is 9.53 Å². The van der Waals surface area contributed by atoms with Crippen LogP contribution in [0.4, 0.5) is 0 Å². The molecule has 0 spiro atoms. The molecule has 0 heterocycles. The van der Waals surface area contributed by atoms with Crippen LogP contribution in [0.25, 0.3) is 0 Å². The summed E-state index contributed by atoms with van der Waals surface area (Å²) >= 11 is 0. The van der Waals surface area contributed by atoms with Crippen molar-refractivity contribution in [2.24, 2.45) is 0 Å². The molecule has 0 aliphatic heterocycles. The Kier molecular flexibility index (Phi) is 4.34. The number of carbonyl (C=O) groups excluding carboxylic acids is 1. The molecule has 0 bridgehead atoms. The van der Waals surface area contributed by atoms with E-state index in [9.17, 15) is 4.79 Å². The van der Waals surface area contributed by atoms with Gasteiger partial charge in [-0.25, -0.2) is 0 Å². The maximum absolute atomic E-state index is 10.4. The molecular formula is C9H18O2. The van der Waals surface area contributed by atoms with Gasteiger partial charge in [-0.05, 0) is 26.7 Å². The first-order chi connectivity index (χ1) is 5.05. The predicted octanol–water partition coefficient (Wildman–Crippen LogP) is 2.17. The van der Waals surface area contributed by atoms with Gasteiger partial charge in [0.1, 0.15) is 12.4 Å². The molecule has 0 aromatic heterocycles. The lowest BCUT2D eigenvalue weighted by molar-refractivity contribution is -0.130. The highest BCUT2D eigenvalue weighted by atomic mass is 16.5. The van der Waals surface area contributed by atoms with Crippen molar-refractivity contribution in [1.29, 1.82) is 0 Å². The largest absolute Gasteiger partial charge is 0.365 e. The first-order valence-corrected chi connectivity index (χ1v) is 4.18. The zero-order valence-electron chi connectivity index (χ0n) is 7.89. The van der Waals surface area contributed by atoms with E-state index in [4.69, 9.17) is 4.74 Å². The molecule has 0 rings (SSSR count). The van der Waals surface area contributed by atoms with Crippen molar-refractivity contribution in [3.8, 4) is 0 Å². The Labute approximate surface area is 68.9 Å². The summed E-state index contributed by atoms with van der Waals surface area (Å²) in [5.74, 6) is 0. The lowest BCUT2D eigenvalue weighted by Crippen LogP contribution is -2.30. The van der Waals surface area contributed by atoms with Crippen molar-refractivity contribution in [2.75, 3.05) is 0 Å². The monoisotopic (exact) mass is 158 g/mol. The molecule has 1 unspecified atom stereocenters. The summed E-state index contributed by atoms with van der Waals surface area (Å²) < 4.78 is 5.52. The molecule has 2 heteroatoms. The third kappa shape index (κ3) is 4.14. The average molecular weight is 158 g/mol. The van der Waals surface area contributed by atoms with Crippen LogP contribution in [0.5, 0.6) is 0 Å². The summed E-state index contributed by atoms with van der Waals surface area (Å²) in [4.78, 5) is 10.4. The summed E-state index contributed by atoms with van der Waals surface area (Å²) in [7, 11) is 0. The number of carbonyl (C=O) groups is 1. The van der Waals surface area contributed by atoms with Gasteiger partial charge in [-0.15, -0.1) is 0 Å². The maximum Gasteiger partial charge on any atom is 0.148 e. The molecule has 0 N–H and O–H groups in total. The van der Waals surface area contributed by atoms with Crippen molar-refractivity contribution in [2.45, 2.75) is 52.2 Å². The van der Waals surface area contributed by atoms with Gasteiger partial charge >= 0.3 is 0 Å². The zero-order valence-corrected chi connectivity index (χ0v) is 7.89. The minimum atomic E-state index is -0.232. The summed E-state index contributed by atoms with van der Waals surface area (Å²) in [5.41, 5.74) is -0.165. The van der Waals surface area contributed by atoms with Crippen LogP contribution in [-0.4, -0.2) is 18.0 Å². The smallest absolute Gasteiger partial charge is 0.148 e. The van der Waals surface area contributed by atoms with E-state index in [1.165, 1.54) is 0 Å². The highest BCUT2D eigenvalue weighted by molar-refractivity contribution is 5.55. The normalized spacial score (nSPS) is 14.5. The van der Waals surface area contributed by atoms with E-state index in [-0.39, 0.29) is 11.7 Å². The van der Waals surface area contributed by atoms with Crippen LogP contribution in [0.3, 0.4) is 0 Å². The van der Waals surface area contributed by atoms with Crippen molar-refractivity contribution in [3.05, 3.63) is 0 Å². The first kappa shape index (κ1) is 10.6. The van der Waals surface area contributed by atoms with Crippen LogP contribution in [0.2, 0.25) is 0 Å². The van der Waals surface area contributed by atoms with Crippen molar-refractivity contribution in [3.63, 3.8) is 0 Å². The number of rotatable bonds is 5. The molecule has 0 aliphatic rings. The van der Waals surface area contributed by atoms with E-state index in [0.717, 1.165) is 19.1 Å². The Bertz CT molecular complexity index is 119. The number of hydrogen-bond acceptors (Lipinski definition) is 2. The van der Waals surface area contributed by atoms with Gasteiger partial charge in [0.05, 0.1) is 5.60 Å². The number of hydrogen-bond donors (Lipinski definition) is 0. The van der Waals surface area contributed by atoms with Gasteiger partial charge in [-0.2, -0.15) is 0 Å². The van der Waals surface area contributed by atoms with E-state index in [0.29, 0.717) is 0 Å². The Balaban J connectivity index is 3.88. The average Bonchev–Trinajstić information content (AvgIpc) is 2.00. The maximum atomic E-state index is 10.4. The van der Waals surface area contributed by atoms with Crippen molar-refractivity contribution < 1.29 is 9.53 Å². The zero-order chi connectivity index (χ0) is 8.91. The predicted molar refractivity (Wildman–Crippen MR) is 45.6 cm³/mol. The van der Waals surface area contributed by atoms with Crippen molar-refractivity contribution in [1.82, 2.24) is 0 Å². The summed E-state index contributed by atoms with van der Waals surface area (Å²) in [6, 6.07) is 0. The third-order valence-corrected chi connectivity index (χ3v) is 1.88. The molecular weight excluding hydrogens is 140 g/mol. The third-order valence-electron chi connectivity index (χ3n) is 1.88. The number of aldehydes is 1. The minimum Gasteiger partial charge on any atom is -0.365 e. The molecule has 0 aliphatic carbocycles. The van der Waals surface area contributed by atoms with E-state index in [1.54, 1.807) is 0 Å². The topological polar surface area (TPSA) is 26.3 Å². The van der Waals surface area contributed by atoms with Gasteiger partial charge in [0.2, 0.25) is 0 Å². The lowest BCUT2D eigenvalue weighted by Gasteiger charge is -2.26. The van der Waals surface area contributed by atoms with Crippen LogP contribution in [0, 0.1) is 0 Å². The van der Waals surface area contributed by atoms with E-state index in [2.05, 4.69) is 6.92 Å². The quantitative estimate of drug-likeness (QED) is 0.573. The first-order valence-electron chi connectivity index (χ1n) is 4.18. The van der Waals surface area contributed by atoms with E-state index in [1.807, 2.05) is 20.8 Å². The Morgan fingerprint density at radius 2 is 2.00 bits per heavy atom. The molecule has 0 fully saturated rings. The summed E-state index contributed by atoms with van der Waals surface area (Å²) in [6.07, 6.45) is 2.33. The Morgan fingerprint density at radius 3 is 2.27 bits per heavy atom. The van der Waals surface area contributed by atoms with Crippen LogP contribution >= 0.6 is 0 Å². The summed E-state index contributed by atoms with van der Waals surface area (Å²) in [6.45, 7) is 8.00. The molecule has 0 amide bonds. The summed E-state index contributed by atoms with van der Waals surface area (Å²) in [5, 5.41) is 0. The second kappa shape index (κ2) is 4.50. The molecule has 0 aromatic carbocycles. The van der Waals surface area contributed by atoms with Gasteiger partial charge in [-0.3, -0.25) is 0 Å². The molecule has 0 saturated heterocycles. The molecule has 1 atom stereocenters. The van der Waals surface area contributed by atoms with E-state index >= 15 is 0 Å². The highest BCUT2D eigenvalue weighted by Crippen LogP contribution is 2.16. The molecule has 0 radical (unpaired) electrons. The van der Waals surface area contributed by atoms with Crippen LogP contribution in [0.15, 0.2) is 0 Å². The molecule has 0 aromatic rings. The van der Waals surface area contributed by atoms with Gasteiger partial charge in [0.15, 0.2) is 0 Å². The lowest BCUT2D eigenvalue weighted by atomic mass is 10.1.